The van der Waals surface area contributed by atoms with Gasteiger partial charge in [0.15, 0.2) is 0 Å². The molecule has 4 heteroatoms. The van der Waals surface area contributed by atoms with Crippen LogP contribution in [0.3, 0.4) is 0 Å². The summed E-state index contributed by atoms with van der Waals surface area (Å²) in [4.78, 5) is 4.49. The largest absolute Gasteiger partial charge is 0.308 e. The van der Waals surface area contributed by atoms with Crippen LogP contribution in [0, 0.1) is 11.3 Å². The number of nitriles is 1. The Hall–Kier alpha value is -5.66. The first-order chi connectivity index (χ1) is 23.0. The molecule has 0 aliphatic carbocycles. The van der Waals surface area contributed by atoms with Crippen LogP contribution in [0.25, 0.3) is 66.1 Å². The molecule has 8 rings (SSSR count). The van der Waals surface area contributed by atoms with Crippen molar-refractivity contribution in [1.29, 1.82) is 5.26 Å². The van der Waals surface area contributed by atoms with E-state index in [0.717, 1.165) is 55.3 Å². The third-order valence-corrected chi connectivity index (χ3v) is 9.76. The fraction of sp³-hybridized carbons (Fsp3) is 0.182. The van der Waals surface area contributed by atoms with Gasteiger partial charge in [-0.2, -0.15) is 5.26 Å². The maximum atomic E-state index is 11.2. The van der Waals surface area contributed by atoms with Crippen LogP contribution in [0.2, 0.25) is 0 Å². The number of nitrogens with zero attached hydrogens (tertiary/aromatic N) is 4. The highest BCUT2D eigenvalue weighted by atomic mass is 15.0. The summed E-state index contributed by atoms with van der Waals surface area (Å²) in [5.41, 5.74) is 11.1. The number of benzene rings is 5. The van der Waals surface area contributed by atoms with Gasteiger partial charge in [0.25, 0.3) is 0 Å². The van der Waals surface area contributed by atoms with E-state index in [4.69, 9.17) is 0 Å². The monoisotopic (exact) mass is 622 g/mol. The van der Waals surface area contributed by atoms with Crippen LogP contribution in [0.5, 0.6) is 0 Å². The molecular formula is C44H38N4. The Kier molecular flexibility index (Phi) is 6.62. The highest BCUT2D eigenvalue weighted by Gasteiger charge is 2.24. The molecule has 48 heavy (non-hydrogen) atoms. The number of hydrogen-bond donors (Lipinski definition) is 0. The molecule has 0 fully saturated rings. The van der Waals surface area contributed by atoms with Gasteiger partial charge in [-0.05, 0) is 70.0 Å². The lowest BCUT2D eigenvalue weighted by molar-refractivity contribution is 0.590. The molecule has 0 N–H and O–H groups in total. The maximum absolute atomic E-state index is 11.2. The molecule has 234 valence electrons. The Morgan fingerprint density at radius 3 is 1.44 bits per heavy atom. The summed E-state index contributed by atoms with van der Waals surface area (Å²) >= 11 is 0. The minimum absolute atomic E-state index is 0.0377. The molecule has 0 saturated carbocycles. The van der Waals surface area contributed by atoms with Gasteiger partial charge in [-0.15, -0.1) is 0 Å². The van der Waals surface area contributed by atoms with Crippen LogP contribution < -0.4 is 0 Å². The second-order valence-electron chi connectivity index (χ2n) is 14.9. The fourth-order valence-electron chi connectivity index (χ4n) is 7.17. The topological polar surface area (TPSA) is 46.5 Å². The Bertz CT molecular complexity index is 2430. The number of rotatable bonds is 3. The van der Waals surface area contributed by atoms with Gasteiger partial charge in [0.2, 0.25) is 0 Å². The zero-order valence-corrected chi connectivity index (χ0v) is 28.3. The predicted octanol–water partition coefficient (Wildman–Crippen LogP) is 11.4. The highest BCUT2D eigenvalue weighted by Crippen LogP contribution is 2.41. The van der Waals surface area contributed by atoms with Crippen LogP contribution in [-0.4, -0.2) is 14.1 Å². The molecule has 5 aromatic carbocycles. The standard InChI is InChI=1S/C44H38N4/c1-43(2,3)30-17-19-34-32-13-7-9-15-37(32)47(41(34)24-30)39-22-29(28-12-11-21-46-27-28)23-40(36(39)26-45)48-38-16-10-8-14-33(38)35-20-18-31(25-42(35)48)44(4,5)6/h7-25,27H,1-6H3. The van der Waals surface area contributed by atoms with Crippen molar-refractivity contribution in [2.75, 3.05) is 0 Å². The van der Waals surface area contributed by atoms with Crippen molar-refractivity contribution in [2.45, 2.75) is 52.4 Å². The van der Waals surface area contributed by atoms with E-state index in [1.165, 1.54) is 21.9 Å². The zero-order valence-electron chi connectivity index (χ0n) is 28.3. The minimum atomic E-state index is -0.0377. The lowest BCUT2D eigenvalue weighted by atomic mass is 9.86. The van der Waals surface area contributed by atoms with E-state index in [-0.39, 0.29) is 10.8 Å². The number of para-hydroxylation sites is 2. The molecule has 0 saturated heterocycles. The molecule has 0 unspecified atom stereocenters. The SMILES string of the molecule is CC(C)(C)c1ccc2c3ccccc3n(-c3cc(-c4cccnc4)cc(-n4c5ccccc5c5ccc(C(C)(C)C)cc54)c3C#N)c2c1. The van der Waals surface area contributed by atoms with Gasteiger partial charge in [-0.3, -0.25) is 4.98 Å². The summed E-state index contributed by atoms with van der Waals surface area (Å²) in [6.07, 6.45) is 3.71. The summed E-state index contributed by atoms with van der Waals surface area (Å²) in [5, 5.41) is 15.9. The van der Waals surface area contributed by atoms with Crippen LogP contribution >= 0.6 is 0 Å². The Morgan fingerprint density at radius 1 is 0.521 bits per heavy atom. The molecule has 0 radical (unpaired) electrons. The molecule has 0 aliphatic heterocycles. The highest BCUT2D eigenvalue weighted by molar-refractivity contribution is 6.11. The summed E-state index contributed by atoms with van der Waals surface area (Å²) in [5.74, 6) is 0. The molecule has 0 amide bonds. The molecule has 4 nitrogen and oxygen atoms in total. The fourth-order valence-corrected chi connectivity index (χ4v) is 7.17. The quantitative estimate of drug-likeness (QED) is 0.197. The average Bonchev–Trinajstić information content (AvgIpc) is 3.59. The number of aromatic nitrogens is 3. The van der Waals surface area contributed by atoms with E-state index in [1.807, 2.05) is 12.3 Å². The normalized spacial score (nSPS) is 12.4. The molecule has 3 heterocycles. The maximum Gasteiger partial charge on any atom is 0.104 e. The van der Waals surface area contributed by atoms with Crippen LogP contribution in [-0.2, 0) is 10.8 Å². The second kappa shape index (κ2) is 10.7. The first-order valence-electron chi connectivity index (χ1n) is 16.6. The predicted molar refractivity (Wildman–Crippen MR) is 200 cm³/mol. The summed E-state index contributed by atoms with van der Waals surface area (Å²) in [7, 11) is 0. The Morgan fingerprint density at radius 2 is 1.00 bits per heavy atom. The second-order valence-corrected chi connectivity index (χ2v) is 14.9. The van der Waals surface area contributed by atoms with Gasteiger partial charge in [0, 0.05) is 39.5 Å². The minimum Gasteiger partial charge on any atom is -0.308 e. The summed E-state index contributed by atoms with van der Waals surface area (Å²) in [6.45, 7) is 13.5. The molecule has 0 aliphatic rings. The summed E-state index contributed by atoms with van der Waals surface area (Å²) < 4.78 is 4.60. The molecule has 0 spiro atoms. The van der Waals surface area contributed by atoms with Crippen molar-refractivity contribution in [3.05, 3.63) is 138 Å². The third-order valence-electron chi connectivity index (χ3n) is 9.76. The van der Waals surface area contributed by atoms with Crippen molar-refractivity contribution in [3.8, 4) is 28.6 Å². The Labute approximate surface area is 281 Å². The van der Waals surface area contributed by atoms with Gasteiger partial charge >= 0.3 is 0 Å². The summed E-state index contributed by atoms with van der Waals surface area (Å²) in [6, 6.07) is 41.8. The molecule has 0 bridgehead atoms. The molecular weight excluding hydrogens is 585 g/mol. The van der Waals surface area contributed by atoms with Gasteiger partial charge in [0.1, 0.15) is 11.6 Å². The van der Waals surface area contributed by atoms with E-state index < -0.39 is 0 Å². The first-order valence-corrected chi connectivity index (χ1v) is 16.6. The van der Waals surface area contributed by atoms with Crippen molar-refractivity contribution >= 4 is 43.6 Å². The van der Waals surface area contributed by atoms with Gasteiger partial charge in [-0.1, -0.05) is 108 Å². The van der Waals surface area contributed by atoms with Crippen molar-refractivity contribution < 1.29 is 0 Å². The van der Waals surface area contributed by atoms with Gasteiger partial charge < -0.3 is 9.13 Å². The van der Waals surface area contributed by atoms with Crippen LogP contribution in [0.15, 0.2) is 122 Å². The van der Waals surface area contributed by atoms with Crippen LogP contribution in [0.4, 0.5) is 0 Å². The smallest absolute Gasteiger partial charge is 0.104 e. The number of hydrogen-bond acceptors (Lipinski definition) is 2. The molecule has 8 aromatic rings. The van der Waals surface area contributed by atoms with E-state index in [2.05, 4.69) is 165 Å². The average molecular weight is 623 g/mol. The first kappa shape index (κ1) is 29.7. The van der Waals surface area contributed by atoms with E-state index in [0.29, 0.717) is 5.56 Å². The molecule has 0 atom stereocenters. The van der Waals surface area contributed by atoms with Crippen molar-refractivity contribution in [3.63, 3.8) is 0 Å². The van der Waals surface area contributed by atoms with Gasteiger partial charge in [0.05, 0.1) is 33.4 Å². The Balaban J connectivity index is 1.56. The number of pyridine rings is 1. The number of fused-ring (bicyclic) bond motifs is 6. The lowest BCUT2D eigenvalue weighted by Gasteiger charge is -2.21. The van der Waals surface area contributed by atoms with Crippen molar-refractivity contribution in [2.24, 2.45) is 0 Å². The van der Waals surface area contributed by atoms with Crippen molar-refractivity contribution in [1.82, 2.24) is 14.1 Å². The third kappa shape index (κ3) is 4.61. The van der Waals surface area contributed by atoms with E-state index in [9.17, 15) is 5.26 Å². The van der Waals surface area contributed by atoms with Crippen LogP contribution in [0.1, 0.15) is 58.2 Å². The lowest BCUT2D eigenvalue weighted by Crippen LogP contribution is -2.11. The van der Waals surface area contributed by atoms with E-state index in [1.54, 1.807) is 6.20 Å². The van der Waals surface area contributed by atoms with Gasteiger partial charge in [-0.25, -0.2) is 0 Å². The zero-order chi connectivity index (χ0) is 33.4. The molecule has 3 aromatic heterocycles. The van der Waals surface area contributed by atoms with E-state index >= 15 is 0 Å².